The van der Waals surface area contributed by atoms with Gasteiger partial charge in [0.1, 0.15) is 11.8 Å². The Labute approximate surface area is 96.4 Å². The van der Waals surface area contributed by atoms with Crippen LogP contribution in [0, 0.1) is 28.6 Å². The molecule has 82 valence electrons. The quantitative estimate of drug-likeness (QED) is 0.772. The van der Waals surface area contributed by atoms with Gasteiger partial charge in [0.15, 0.2) is 0 Å². The minimum Gasteiger partial charge on any atom is -0.242 e. The van der Waals surface area contributed by atoms with E-state index in [0.717, 1.165) is 12.1 Å². The van der Waals surface area contributed by atoms with Crippen molar-refractivity contribution in [3.05, 3.63) is 29.6 Å². The molecule has 0 spiro atoms. The van der Waals surface area contributed by atoms with Gasteiger partial charge < -0.3 is 0 Å². The molecule has 0 bridgehead atoms. The molecule has 1 aromatic heterocycles. The Hall–Kier alpha value is -1.87. The number of nitrogens with zero attached hydrogens (tertiary/aromatic N) is 3. The third-order valence-corrected chi connectivity index (χ3v) is 2.91. The van der Waals surface area contributed by atoms with Crippen LogP contribution in [0.5, 0.6) is 0 Å². The first-order valence-electron chi connectivity index (χ1n) is 5.46. The molecule has 0 saturated heterocycles. The first-order chi connectivity index (χ1) is 7.72. The molecule has 0 aromatic carbocycles. The van der Waals surface area contributed by atoms with Gasteiger partial charge in [-0.2, -0.15) is 10.5 Å². The number of pyridine rings is 1. The molecule has 1 rings (SSSR count). The third-order valence-electron chi connectivity index (χ3n) is 2.91. The fourth-order valence-corrected chi connectivity index (χ4v) is 1.70. The van der Waals surface area contributed by atoms with Crippen LogP contribution in [0.1, 0.15) is 44.0 Å². The van der Waals surface area contributed by atoms with Crippen molar-refractivity contribution in [3.8, 4) is 12.1 Å². The predicted molar refractivity (Wildman–Crippen MR) is 61.4 cm³/mol. The summed E-state index contributed by atoms with van der Waals surface area (Å²) in [4.78, 5) is 4.27. The molecule has 0 amide bonds. The lowest BCUT2D eigenvalue weighted by Gasteiger charge is -2.19. The van der Waals surface area contributed by atoms with Crippen molar-refractivity contribution in [1.82, 2.24) is 4.98 Å². The number of hydrogen-bond acceptors (Lipinski definition) is 3. The van der Waals surface area contributed by atoms with E-state index < -0.39 is 0 Å². The van der Waals surface area contributed by atoms with Crippen molar-refractivity contribution in [2.24, 2.45) is 5.92 Å². The van der Waals surface area contributed by atoms with Gasteiger partial charge in [0.25, 0.3) is 0 Å². The molecule has 0 saturated carbocycles. The Morgan fingerprint density at radius 1 is 1.38 bits per heavy atom. The topological polar surface area (TPSA) is 60.5 Å². The zero-order valence-electron chi connectivity index (χ0n) is 9.64. The number of aromatic nitrogens is 1. The van der Waals surface area contributed by atoms with E-state index in [9.17, 15) is 0 Å². The van der Waals surface area contributed by atoms with Gasteiger partial charge in [-0.15, -0.1) is 0 Å². The molecule has 1 aromatic rings. The van der Waals surface area contributed by atoms with Crippen LogP contribution in [0.15, 0.2) is 18.2 Å². The van der Waals surface area contributed by atoms with Crippen LogP contribution in [-0.2, 0) is 0 Å². The van der Waals surface area contributed by atoms with Gasteiger partial charge in [-0.25, -0.2) is 4.98 Å². The van der Waals surface area contributed by atoms with Crippen LogP contribution in [0.3, 0.4) is 0 Å². The second-order valence-electron chi connectivity index (χ2n) is 3.91. The smallest absolute Gasteiger partial charge is 0.140 e. The van der Waals surface area contributed by atoms with Gasteiger partial charge >= 0.3 is 0 Å². The van der Waals surface area contributed by atoms with E-state index in [1.165, 1.54) is 0 Å². The molecule has 0 fully saturated rings. The Morgan fingerprint density at radius 2 is 2.12 bits per heavy atom. The van der Waals surface area contributed by atoms with Crippen LogP contribution in [0.2, 0.25) is 0 Å². The first-order valence-corrected chi connectivity index (χ1v) is 5.46. The molecule has 0 aliphatic heterocycles. The van der Waals surface area contributed by atoms with Crippen molar-refractivity contribution in [1.29, 1.82) is 10.5 Å². The highest BCUT2D eigenvalue weighted by Crippen LogP contribution is 2.28. The van der Waals surface area contributed by atoms with Gasteiger partial charge in [-0.1, -0.05) is 26.3 Å². The van der Waals surface area contributed by atoms with E-state index >= 15 is 0 Å². The first kappa shape index (κ1) is 12.2. The fraction of sp³-hybridized carbons (Fsp3) is 0.462. The molecule has 3 heteroatoms. The Bertz CT molecular complexity index is 426. The number of hydrogen-bond donors (Lipinski definition) is 0. The maximum atomic E-state index is 8.83. The Kier molecular flexibility index (Phi) is 4.48. The summed E-state index contributed by atoms with van der Waals surface area (Å²) in [7, 11) is 0. The minimum atomic E-state index is 0.128. The molecule has 2 unspecified atom stereocenters. The molecule has 0 aliphatic carbocycles. The van der Waals surface area contributed by atoms with E-state index in [1.807, 2.05) is 18.2 Å². The SMILES string of the molecule is CCC(C)C(CC#N)c1cccc(C#N)n1. The highest BCUT2D eigenvalue weighted by molar-refractivity contribution is 5.24. The monoisotopic (exact) mass is 213 g/mol. The maximum absolute atomic E-state index is 8.83. The Morgan fingerprint density at radius 3 is 2.69 bits per heavy atom. The second kappa shape index (κ2) is 5.88. The maximum Gasteiger partial charge on any atom is 0.140 e. The minimum absolute atomic E-state index is 0.128. The largest absolute Gasteiger partial charge is 0.242 e. The average molecular weight is 213 g/mol. The van der Waals surface area contributed by atoms with Crippen molar-refractivity contribution >= 4 is 0 Å². The van der Waals surface area contributed by atoms with Crippen LogP contribution in [0.4, 0.5) is 0 Å². The van der Waals surface area contributed by atoms with E-state index in [2.05, 4.69) is 24.9 Å². The molecule has 2 atom stereocenters. The van der Waals surface area contributed by atoms with Gasteiger partial charge in [-0.05, 0) is 18.1 Å². The van der Waals surface area contributed by atoms with Crippen LogP contribution >= 0.6 is 0 Å². The highest BCUT2D eigenvalue weighted by Gasteiger charge is 2.19. The third kappa shape index (κ3) is 2.81. The van der Waals surface area contributed by atoms with Crippen molar-refractivity contribution in [3.63, 3.8) is 0 Å². The summed E-state index contributed by atoms with van der Waals surface area (Å²) in [6.45, 7) is 4.21. The summed E-state index contributed by atoms with van der Waals surface area (Å²) >= 11 is 0. The fourth-order valence-electron chi connectivity index (χ4n) is 1.70. The van der Waals surface area contributed by atoms with Crippen LogP contribution in [0.25, 0.3) is 0 Å². The number of nitriles is 2. The molecule has 0 radical (unpaired) electrons. The zero-order chi connectivity index (χ0) is 12.0. The van der Waals surface area contributed by atoms with E-state index in [-0.39, 0.29) is 5.92 Å². The van der Waals surface area contributed by atoms with Gasteiger partial charge in [0.2, 0.25) is 0 Å². The molecular formula is C13H15N3. The van der Waals surface area contributed by atoms with Crippen LogP contribution in [-0.4, -0.2) is 4.98 Å². The van der Waals surface area contributed by atoms with Crippen molar-refractivity contribution < 1.29 is 0 Å². The van der Waals surface area contributed by atoms with E-state index in [4.69, 9.17) is 10.5 Å². The summed E-state index contributed by atoms with van der Waals surface area (Å²) in [5, 5.41) is 17.6. The second-order valence-corrected chi connectivity index (χ2v) is 3.91. The van der Waals surface area contributed by atoms with E-state index in [0.29, 0.717) is 18.0 Å². The van der Waals surface area contributed by atoms with E-state index in [1.54, 1.807) is 6.07 Å². The lowest BCUT2D eigenvalue weighted by molar-refractivity contribution is 0.442. The molecule has 0 N–H and O–H groups in total. The predicted octanol–water partition coefficient (Wildman–Crippen LogP) is 3.00. The lowest BCUT2D eigenvalue weighted by atomic mass is 9.86. The highest BCUT2D eigenvalue weighted by atomic mass is 14.7. The lowest BCUT2D eigenvalue weighted by Crippen LogP contribution is -2.10. The molecular weight excluding hydrogens is 198 g/mol. The van der Waals surface area contributed by atoms with Crippen molar-refractivity contribution in [2.45, 2.75) is 32.6 Å². The summed E-state index contributed by atoms with van der Waals surface area (Å²) < 4.78 is 0. The summed E-state index contributed by atoms with van der Waals surface area (Å²) in [5.74, 6) is 0.532. The molecule has 1 heterocycles. The summed E-state index contributed by atoms with van der Waals surface area (Å²) in [6, 6.07) is 9.63. The van der Waals surface area contributed by atoms with Crippen LogP contribution < -0.4 is 0 Å². The van der Waals surface area contributed by atoms with Gasteiger partial charge in [0, 0.05) is 18.0 Å². The summed E-state index contributed by atoms with van der Waals surface area (Å²) in [5.41, 5.74) is 1.28. The molecule has 3 nitrogen and oxygen atoms in total. The molecule has 0 aliphatic rings. The van der Waals surface area contributed by atoms with Crippen molar-refractivity contribution in [2.75, 3.05) is 0 Å². The standard InChI is InChI=1S/C13H15N3/c1-3-10(2)12(7-8-14)13-6-4-5-11(9-15)16-13/h4-6,10,12H,3,7H2,1-2H3. The number of rotatable bonds is 4. The normalized spacial score (nSPS) is 13.5. The van der Waals surface area contributed by atoms with Gasteiger partial charge in [-0.3, -0.25) is 0 Å². The van der Waals surface area contributed by atoms with Gasteiger partial charge in [0.05, 0.1) is 6.07 Å². The zero-order valence-corrected chi connectivity index (χ0v) is 9.64. The Balaban J connectivity index is 3.02. The molecule has 16 heavy (non-hydrogen) atoms. The average Bonchev–Trinajstić information content (AvgIpc) is 2.35. The summed E-state index contributed by atoms with van der Waals surface area (Å²) in [6.07, 6.45) is 1.46.